The van der Waals surface area contributed by atoms with E-state index in [9.17, 15) is 4.79 Å². The molecule has 102 valence electrons. The largest absolute Gasteiger partial charge is 0.350 e. The lowest BCUT2D eigenvalue weighted by atomic mass is 10.3. The summed E-state index contributed by atoms with van der Waals surface area (Å²) in [6, 6.07) is 7.63. The van der Waals surface area contributed by atoms with Crippen LogP contribution in [-0.4, -0.2) is 42.0 Å². The zero-order valence-electron chi connectivity index (χ0n) is 11.3. The predicted octanol–water partition coefficient (Wildman–Crippen LogP) is 0.904. The number of likely N-dealkylation sites (N-methyl/N-ethyl adjacent to an activating group) is 1. The van der Waals surface area contributed by atoms with Gasteiger partial charge in [0.05, 0.1) is 18.2 Å². The molecular weight excluding hydrogens is 254 g/mol. The van der Waals surface area contributed by atoms with Gasteiger partial charge in [-0.15, -0.1) is 0 Å². The van der Waals surface area contributed by atoms with E-state index in [1.807, 2.05) is 12.1 Å². The molecule has 1 aromatic rings. The lowest BCUT2D eigenvalue weighted by Crippen LogP contribution is -2.40. The molecule has 0 aliphatic heterocycles. The fourth-order valence-corrected chi connectivity index (χ4v) is 1.94. The molecular formula is C14H15N5O. The number of carbonyl (C=O) groups excluding carboxylic acids is 1. The Morgan fingerprint density at radius 3 is 2.70 bits per heavy atom. The normalized spacial score (nSPS) is 13.2. The first-order valence-corrected chi connectivity index (χ1v) is 6.39. The molecule has 20 heavy (non-hydrogen) atoms. The maximum absolute atomic E-state index is 12.2. The van der Waals surface area contributed by atoms with Gasteiger partial charge in [-0.05, 0) is 25.0 Å². The minimum Gasteiger partial charge on any atom is -0.350 e. The van der Waals surface area contributed by atoms with Gasteiger partial charge in [-0.1, -0.05) is 0 Å². The first-order valence-electron chi connectivity index (χ1n) is 6.39. The molecule has 0 spiro atoms. The first kappa shape index (κ1) is 13.8. The molecule has 2 rings (SSSR count). The number of pyridine rings is 1. The van der Waals surface area contributed by atoms with E-state index in [0.29, 0.717) is 11.4 Å². The van der Waals surface area contributed by atoms with Crippen molar-refractivity contribution >= 4 is 11.7 Å². The van der Waals surface area contributed by atoms with Crippen molar-refractivity contribution in [1.82, 2.24) is 9.88 Å². The van der Waals surface area contributed by atoms with E-state index in [0.717, 1.165) is 12.8 Å². The summed E-state index contributed by atoms with van der Waals surface area (Å²) in [5.74, 6) is 0.563. The summed E-state index contributed by atoms with van der Waals surface area (Å²) in [7, 11) is 1.77. The highest BCUT2D eigenvalue weighted by molar-refractivity contribution is 5.81. The number of hydrogen-bond acceptors (Lipinski definition) is 5. The average molecular weight is 269 g/mol. The van der Waals surface area contributed by atoms with Gasteiger partial charge in [0.2, 0.25) is 5.91 Å². The van der Waals surface area contributed by atoms with Gasteiger partial charge in [0.15, 0.2) is 0 Å². The van der Waals surface area contributed by atoms with Gasteiger partial charge < -0.3 is 9.80 Å². The molecule has 0 bridgehead atoms. The van der Waals surface area contributed by atoms with Crippen molar-refractivity contribution < 1.29 is 4.79 Å². The number of nitrogens with zero attached hydrogens (tertiary/aromatic N) is 5. The van der Waals surface area contributed by atoms with Gasteiger partial charge in [0.25, 0.3) is 0 Å². The van der Waals surface area contributed by atoms with Crippen LogP contribution in [0.15, 0.2) is 18.3 Å². The number of aromatic nitrogens is 1. The smallest absolute Gasteiger partial charge is 0.243 e. The third-order valence-corrected chi connectivity index (χ3v) is 3.19. The number of rotatable bonds is 5. The van der Waals surface area contributed by atoms with E-state index in [1.54, 1.807) is 29.0 Å². The Bertz CT molecular complexity index is 565. The predicted molar refractivity (Wildman–Crippen MR) is 72.6 cm³/mol. The first-order chi connectivity index (χ1) is 9.65. The maximum atomic E-state index is 12.2. The molecule has 6 heteroatoms. The summed E-state index contributed by atoms with van der Waals surface area (Å²) in [5.41, 5.74) is 0.484. The Morgan fingerprint density at radius 1 is 1.45 bits per heavy atom. The fraction of sp³-hybridized carbons (Fsp3) is 0.429. The Hall–Kier alpha value is -2.60. The van der Waals surface area contributed by atoms with Crippen molar-refractivity contribution in [2.24, 2.45) is 0 Å². The van der Waals surface area contributed by atoms with Crippen molar-refractivity contribution in [3.63, 3.8) is 0 Å². The van der Waals surface area contributed by atoms with Crippen LogP contribution in [0.2, 0.25) is 0 Å². The lowest BCUT2D eigenvalue weighted by Gasteiger charge is -2.23. The van der Waals surface area contributed by atoms with Crippen LogP contribution in [0.4, 0.5) is 5.82 Å². The Labute approximate surface area is 117 Å². The second-order valence-electron chi connectivity index (χ2n) is 4.78. The van der Waals surface area contributed by atoms with E-state index in [2.05, 4.69) is 4.98 Å². The van der Waals surface area contributed by atoms with E-state index in [-0.39, 0.29) is 25.0 Å². The Balaban J connectivity index is 1.99. The third kappa shape index (κ3) is 3.24. The number of carbonyl (C=O) groups is 1. The summed E-state index contributed by atoms with van der Waals surface area (Å²) >= 11 is 0. The van der Waals surface area contributed by atoms with Gasteiger partial charge >= 0.3 is 0 Å². The zero-order chi connectivity index (χ0) is 14.5. The van der Waals surface area contributed by atoms with E-state index >= 15 is 0 Å². The average Bonchev–Trinajstić information content (AvgIpc) is 3.29. The van der Waals surface area contributed by atoms with Crippen molar-refractivity contribution in [2.75, 3.05) is 25.0 Å². The molecule has 0 unspecified atom stereocenters. The van der Waals surface area contributed by atoms with Gasteiger partial charge in [-0.3, -0.25) is 4.79 Å². The second-order valence-corrected chi connectivity index (χ2v) is 4.78. The van der Waals surface area contributed by atoms with Crippen LogP contribution < -0.4 is 4.90 Å². The summed E-state index contributed by atoms with van der Waals surface area (Å²) in [6.07, 6.45) is 3.43. The van der Waals surface area contributed by atoms with Gasteiger partial charge in [0, 0.05) is 19.3 Å². The van der Waals surface area contributed by atoms with Crippen molar-refractivity contribution in [1.29, 1.82) is 10.5 Å². The molecule has 1 aliphatic rings. The van der Waals surface area contributed by atoms with Crippen LogP contribution in [0.1, 0.15) is 18.4 Å². The zero-order valence-corrected chi connectivity index (χ0v) is 11.3. The minimum absolute atomic E-state index is 0.0669. The SMILES string of the molecule is CN(CC(=O)N(CC#N)C1CC1)c1ccc(C#N)cn1. The molecule has 0 N–H and O–H groups in total. The monoisotopic (exact) mass is 269 g/mol. The highest BCUT2D eigenvalue weighted by atomic mass is 16.2. The fourth-order valence-electron chi connectivity index (χ4n) is 1.94. The molecule has 1 saturated carbocycles. The molecule has 0 aromatic carbocycles. The summed E-state index contributed by atoms with van der Waals surface area (Å²) in [4.78, 5) is 19.7. The summed E-state index contributed by atoms with van der Waals surface area (Å²) in [5, 5.41) is 17.5. The van der Waals surface area contributed by atoms with Gasteiger partial charge in [0.1, 0.15) is 18.4 Å². The maximum Gasteiger partial charge on any atom is 0.243 e. The third-order valence-electron chi connectivity index (χ3n) is 3.19. The Kier molecular flexibility index (Phi) is 4.17. The van der Waals surface area contributed by atoms with E-state index in [1.165, 1.54) is 6.20 Å². The molecule has 1 aliphatic carbocycles. The lowest BCUT2D eigenvalue weighted by molar-refractivity contribution is -0.129. The molecule has 1 heterocycles. The topological polar surface area (TPSA) is 84.0 Å². The van der Waals surface area contributed by atoms with Crippen LogP contribution in [0.5, 0.6) is 0 Å². The molecule has 1 amide bonds. The molecule has 0 radical (unpaired) electrons. The molecule has 1 fully saturated rings. The van der Waals surface area contributed by atoms with Crippen LogP contribution in [0, 0.1) is 22.7 Å². The minimum atomic E-state index is -0.0669. The van der Waals surface area contributed by atoms with E-state index < -0.39 is 0 Å². The second kappa shape index (κ2) is 6.03. The highest BCUT2D eigenvalue weighted by Crippen LogP contribution is 2.26. The Morgan fingerprint density at radius 2 is 2.20 bits per heavy atom. The number of amides is 1. The molecule has 0 saturated heterocycles. The molecule has 1 aromatic heterocycles. The van der Waals surface area contributed by atoms with Gasteiger partial charge in [-0.2, -0.15) is 10.5 Å². The summed E-state index contributed by atoms with van der Waals surface area (Å²) in [6.45, 7) is 0.315. The molecule has 0 atom stereocenters. The number of hydrogen-bond donors (Lipinski definition) is 0. The summed E-state index contributed by atoms with van der Waals surface area (Å²) < 4.78 is 0. The van der Waals surface area contributed by atoms with E-state index in [4.69, 9.17) is 10.5 Å². The van der Waals surface area contributed by atoms with Crippen LogP contribution in [0.3, 0.4) is 0 Å². The van der Waals surface area contributed by atoms with Crippen molar-refractivity contribution in [3.8, 4) is 12.1 Å². The van der Waals surface area contributed by atoms with Gasteiger partial charge in [-0.25, -0.2) is 4.98 Å². The van der Waals surface area contributed by atoms with Crippen LogP contribution in [-0.2, 0) is 4.79 Å². The highest BCUT2D eigenvalue weighted by Gasteiger charge is 2.32. The van der Waals surface area contributed by atoms with Crippen molar-refractivity contribution in [3.05, 3.63) is 23.9 Å². The quantitative estimate of drug-likeness (QED) is 0.742. The van der Waals surface area contributed by atoms with Crippen molar-refractivity contribution in [2.45, 2.75) is 18.9 Å². The number of nitriles is 2. The molecule has 6 nitrogen and oxygen atoms in total. The number of anilines is 1. The van der Waals surface area contributed by atoms with Crippen LogP contribution >= 0.6 is 0 Å². The standard InChI is InChI=1S/C14H15N5O/c1-18(13-5-2-11(8-16)9-17-13)10-14(20)19(7-6-15)12-3-4-12/h2,5,9,12H,3-4,7,10H2,1H3. The van der Waals surface area contributed by atoms with Crippen LogP contribution in [0.25, 0.3) is 0 Å².